The number of methoxy groups -OCH3 is 1. The lowest BCUT2D eigenvalue weighted by molar-refractivity contribution is -0.114. The number of para-hydroxylation sites is 1. The average molecular weight is 445 g/mol. The fourth-order valence-electron chi connectivity index (χ4n) is 2.99. The smallest absolute Gasteiger partial charge is 0.245 e. The van der Waals surface area contributed by atoms with Crippen LogP contribution in [0, 0.1) is 0 Å². The van der Waals surface area contributed by atoms with E-state index in [2.05, 4.69) is 5.32 Å². The Morgan fingerprint density at radius 2 is 1.70 bits per heavy atom. The molecule has 156 valence electrons. The molecule has 1 N–H and O–H groups in total. The molecule has 0 unspecified atom stereocenters. The third kappa shape index (κ3) is 5.11. The number of anilines is 2. The first-order chi connectivity index (χ1) is 14.3. The van der Waals surface area contributed by atoms with Crippen molar-refractivity contribution < 1.29 is 17.9 Å². The Morgan fingerprint density at radius 1 is 1.03 bits per heavy atom. The summed E-state index contributed by atoms with van der Waals surface area (Å²) in [5.41, 5.74) is 2.64. The van der Waals surface area contributed by atoms with Crippen LogP contribution in [0.25, 0.3) is 11.1 Å². The number of sulfonamides is 1. The summed E-state index contributed by atoms with van der Waals surface area (Å²) in [6.45, 7) is -0.398. The monoisotopic (exact) mass is 444 g/mol. The SMILES string of the molecule is COc1ccc(N(CC(=O)Nc2ccccc2-c2ccccc2)S(C)(=O)=O)cc1Cl. The van der Waals surface area contributed by atoms with Gasteiger partial charge in [-0.2, -0.15) is 0 Å². The van der Waals surface area contributed by atoms with E-state index in [0.29, 0.717) is 11.4 Å². The fourth-order valence-corrected chi connectivity index (χ4v) is 4.09. The van der Waals surface area contributed by atoms with Gasteiger partial charge in [0.15, 0.2) is 0 Å². The van der Waals surface area contributed by atoms with E-state index in [1.165, 1.54) is 19.2 Å². The zero-order valence-corrected chi connectivity index (χ0v) is 18.1. The van der Waals surface area contributed by atoms with Gasteiger partial charge in [0.2, 0.25) is 15.9 Å². The van der Waals surface area contributed by atoms with Crippen LogP contribution in [0.15, 0.2) is 72.8 Å². The third-order valence-electron chi connectivity index (χ3n) is 4.40. The molecule has 8 heteroatoms. The summed E-state index contributed by atoms with van der Waals surface area (Å²) < 4.78 is 30.8. The topological polar surface area (TPSA) is 75.7 Å². The maximum absolute atomic E-state index is 12.8. The van der Waals surface area contributed by atoms with Crippen molar-refractivity contribution in [1.82, 2.24) is 0 Å². The van der Waals surface area contributed by atoms with E-state index in [0.717, 1.165) is 21.7 Å². The quantitative estimate of drug-likeness (QED) is 0.585. The van der Waals surface area contributed by atoms with Crippen molar-refractivity contribution in [3.63, 3.8) is 0 Å². The van der Waals surface area contributed by atoms with E-state index < -0.39 is 22.5 Å². The number of carbonyl (C=O) groups excluding carboxylic acids is 1. The van der Waals surface area contributed by atoms with Gasteiger partial charge in [-0.25, -0.2) is 8.42 Å². The van der Waals surface area contributed by atoms with Gasteiger partial charge in [0.1, 0.15) is 12.3 Å². The lowest BCUT2D eigenvalue weighted by Crippen LogP contribution is -2.37. The van der Waals surface area contributed by atoms with E-state index in [4.69, 9.17) is 16.3 Å². The van der Waals surface area contributed by atoms with Crippen molar-refractivity contribution in [2.45, 2.75) is 0 Å². The van der Waals surface area contributed by atoms with Crippen LogP contribution in [0.1, 0.15) is 0 Å². The number of nitrogens with zero attached hydrogens (tertiary/aromatic N) is 1. The minimum absolute atomic E-state index is 0.249. The van der Waals surface area contributed by atoms with Crippen LogP contribution in [0.3, 0.4) is 0 Å². The average Bonchev–Trinajstić information content (AvgIpc) is 2.72. The molecule has 0 atom stereocenters. The Kier molecular flexibility index (Phi) is 6.64. The van der Waals surface area contributed by atoms with Crippen molar-refractivity contribution in [3.8, 4) is 16.9 Å². The van der Waals surface area contributed by atoms with Crippen LogP contribution in [0.2, 0.25) is 5.02 Å². The van der Waals surface area contributed by atoms with Crippen molar-refractivity contribution in [1.29, 1.82) is 0 Å². The molecule has 3 aromatic rings. The lowest BCUT2D eigenvalue weighted by atomic mass is 10.0. The van der Waals surface area contributed by atoms with Crippen LogP contribution >= 0.6 is 11.6 Å². The second kappa shape index (κ2) is 9.19. The zero-order chi connectivity index (χ0) is 21.7. The van der Waals surface area contributed by atoms with Crippen molar-refractivity contribution >= 4 is 38.9 Å². The second-order valence-corrected chi connectivity index (χ2v) is 8.86. The molecule has 1 amide bonds. The first-order valence-electron chi connectivity index (χ1n) is 9.05. The van der Waals surface area contributed by atoms with E-state index in [-0.39, 0.29) is 10.7 Å². The first kappa shape index (κ1) is 21.7. The second-order valence-electron chi connectivity index (χ2n) is 6.55. The summed E-state index contributed by atoms with van der Waals surface area (Å²) in [6, 6.07) is 21.5. The fraction of sp³-hybridized carbons (Fsp3) is 0.136. The van der Waals surface area contributed by atoms with Gasteiger partial charge in [0.25, 0.3) is 0 Å². The van der Waals surface area contributed by atoms with Gasteiger partial charge in [-0.15, -0.1) is 0 Å². The summed E-state index contributed by atoms with van der Waals surface area (Å²) in [6.07, 6.45) is 1.04. The molecule has 30 heavy (non-hydrogen) atoms. The van der Waals surface area contributed by atoms with Gasteiger partial charge in [-0.3, -0.25) is 9.10 Å². The van der Waals surface area contributed by atoms with Crippen LogP contribution in [0.5, 0.6) is 5.75 Å². The lowest BCUT2D eigenvalue weighted by Gasteiger charge is -2.23. The van der Waals surface area contributed by atoms with Crippen LogP contribution < -0.4 is 14.4 Å². The highest BCUT2D eigenvalue weighted by molar-refractivity contribution is 7.92. The first-order valence-corrected chi connectivity index (χ1v) is 11.3. The number of halogens is 1. The molecule has 0 aliphatic heterocycles. The van der Waals surface area contributed by atoms with Gasteiger partial charge < -0.3 is 10.1 Å². The molecule has 3 aromatic carbocycles. The van der Waals surface area contributed by atoms with Crippen LogP contribution in [-0.4, -0.2) is 34.2 Å². The summed E-state index contributed by atoms with van der Waals surface area (Å²) >= 11 is 6.13. The largest absolute Gasteiger partial charge is 0.495 e. The van der Waals surface area contributed by atoms with E-state index in [9.17, 15) is 13.2 Å². The maximum atomic E-state index is 12.8. The van der Waals surface area contributed by atoms with Gasteiger partial charge in [-0.1, -0.05) is 60.1 Å². The molecule has 0 spiro atoms. The third-order valence-corrected chi connectivity index (χ3v) is 5.83. The molecule has 0 radical (unpaired) electrons. The molecule has 0 aliphatic carbocycles. The number of nitrogens with one attached hydrogen (secondary N) is 1. The Balaban J connectivity index is 1.86. The minimum Gasteiger partial charge on any atom is -0.495 e. The summed E-state index contributed by atoms with van der Waals surface area (Å²) in [5.74, 6) is -0.0640. The number of amides is 1. The number of hydrogen-bond acceptors (Lipinski definition) is 4. The number of hydrogen-bond donors (Lipinski definition) is 1. The normalized spacial score (nSPS) is 11.0. The number of benzene rings is 3. The molecule has 0 heterocycles. The molecule has 0 fully saturated rings. The summed E-state index contributed by atoms with van der Waals surface area (Å²) in [7, 11) is -2.27. The maximum Gasteiger partial charge on any atom is 0.245 e. The molecule has 0 aliphatic rings. The Morgan fingerprint density at radius 3 is 2.33 bits per heavy atom. The van der Waals surface area contributed by atoms with Gasteiger partial charge in [0, 0.05) is 11.3 Å². The molecule has 3 rings (SSSR count). The Hall–Kier alpha value is -3.03. The highest BCUT2D eigenvalue weighted by atomic mass is 35.5. The molecule has 0 saturated heterocycles. The van der Waals surface area contributed by atoms with Gasteiger partial charge in [0.05, 0.1) is 24.1 Å². The minimum atomic E-state index is -3.73. The van der Waals surface area contributed by atoms with Crippen molar-refractivity contribution in [2.24, 2.45) is 0 Å². The van der Waals surface area contributed by atoms with Crippen molar-refractivity contribution in [3.05, 3.63) is 77.8 Å². The van der Waals surface area contributed by atoms with Crippen LogP contribution in [-0.2, 0) is 14.8 Å². The predicted octanol–water partition coefficient (Wildman–Crippen LogP) is 4.42. The van der Waals surface area contributed by atoms with E-state index >= 15 is 0 Å². The Labute approximate surface area is 181 Å². The number of rotatable bonds is 7. The summed E-state index contributed by atoms with van der Waals surface area (Å²) in [5, 5.41) is 3.06. The molecule has 0 saturated carbocycles. The summed E-state index contributed by atoms with van der Waals surface area (Å²) in [4.78, 5) is 12.8. The standard InChI is InChI=1S/C22H21ClN2O4S/c1-29-21-13-12-17(14-19(21)23)25(30(2,27)28)15-22(26)24-20-11-7-6-10-18(20)16-8-4-3-5-9-16/h3-14H,15H2,1-2H3,(H,24,26). The van der Waals surface area contributed by atoms with E-state index in [1.807, 2.05) is 42.5 Å². The Bertz CT molecular complexity index is 1150. The molecular formula is C22H21ClN2O4S. The van der Waals surface area contributed by atoms with Crippen molar-refractivity contribution in [2.75, 3.05) is 29.5 Å². The van der Waals surface area contributed by atoms with Gasteiger partial charge in [-0.05, 0) is 29.8 Å². The molecule has 6 nitrogen and oxygen atoms in total. The molecule has 0 bridgehead atoms. The predicted molar refractivity (Wildman–Crippen MR) is 121 cm³/mol. The van der Waals surface area contributed by atoms with Crippen LogP contribution in [0.4, 0.5) is 11.4 Å². The number of ether oxygens (including phenoxy) is 1. The van der Waals surface area contributed by atoms with Gasteiger partial charge >= 0.3 is 0 Å². The van der Waals surface area contributed by atoms with E-state index in [1.54, 1.807) is 18.2 Å². The highest BCUT2D eigenvalue weighted by Gasteiger charge is 2.22. The number of carbonyl (C=O) groups is 1. The zero-order valence-electron chi connectivity index (χ0n) is 16.5. The molecular weight excluding hydrogens is 424 g/mol. The highest BCUT2D eigenvalue weighted by Crippen LogP contribution is 2.31. The molecule has 0 aromatic heterocycles.